The van der Waals surface area contributed by atoms with Crippen molar-refractivity contribution in [2.45, 2.75) is 36.1 Å². The van der Waals surface area contributed by atoms with Crippen LogP contribution in [-0.2, 0) is 6.54 Å². The Hall–Kier alpha value is -2.73. The Morgan fingerprint density at radius 2 is 1.78 bits per heavy atom. The summed E-state index contributed by atoms with van der Waals surface area (Å²) in [5.41, 5.74) is 8.02. The van der Waals surface area contributed by atoms with E-state index in [0.29, 0.717) is 12.4 Å². The van der Waals surface area contributed by atoms with Crippen molar-refractivity contribution in [1.29, 1.82) is 0 Å². The number of nitrogens with two attached hydrogens (primary N) is 1. The number of nitrogens with zero attached hydrogens (tertiary/aromatic N) is 2. The van der Waals surface area contributed by atoms with Crippen LogP contribution < -0.4 is 15.8 Å². The number of rotatable bonds is 7. The highest BCUT2D eigenvalue weighted by atomic mass is 32.2. The zero-order chi connectivity index (χ0) is 19.2. The van der Waals surface area contributed by atoms with Gasteiger partial charge in [0.15, 0.2) is 0 Å². The van der Waals surface area contributed by atoms with Gasteiger partial charge in [-0.05, 0) is 24.3 Å². The van der Waals surface area contributed by atoms with Crippen LogP contribution in [-0.4, -0.2) is 17.1 Å². The molecule has 0 amide bonds. The summed E-state index contributed by atoms with van der Waals surface area (Å²) >= 11 is 1.66. The molecule has 0 spiro atoms. The van der Waals surface area contributed by atoms with E-state index in [9.17, 15) is 0 Å². The molecule has 0 unspecified atom stereocenters. The monoisotopic (exact) mass is 380 g/mol. The maximum absolute atomic E-state index is 6.11. The zero-order valence-electron chi connectivity index (χ0n) is 15.8. The van der Waals surface area contributed by atoms with Gasteiger partial charge in [-0.1, -0.05) is 49.9 Å². The fourth-order valence-electron chi connectivity index (χ4n) is 2.56. The minimum Gasteiger partial charge on any atom is -0.496 e. The molecule has 0 aliphatic carbocycles. The molecule has 0 bridgehead atoms. The minimum atomic E-state index is 0.257. The van der Waals surface area contributed by atoms with E-state index in [2.05, 4.69) is 47.3 Å². The van der Waals surface area contributed by atoms with Crippen LogP contribution in [0.2, 0.25) is 0 Å². The highest BCUT2D eigenvalue weighted by Gasteiger charge is 2.10. The molecule has 3 aromatic rings. The molecule has 5 nitrogen and oxygen atoms in total. The maximum Gasteiger partial charge on any atom is 0.133 e. The lowest BCUT2D eigenvalue weighted by Crippen LogP contribution is -2.09. The molecule has 0 fully saturated rings. The molecule has 140 valence electrons. The summed E-state index contributed by atoms with van der Waals surface area (Å²) in [4.78, 5) is 11.0. The first-order valence-electron chi connectivity index (χ1n) is 8.83. The van der Waals surface area contributed by atoms with Crippen molar-refractivity contribution in [3.8, 4) is 5.75 Å². The molecule has 0 aliphatic heterocycles. The van der Waals surface area contributed by atoms with Crippen molar-refractivity contribution in [2.24, 2.45) is 0 Å². The van der Waals surface area contributed by atoms with Gasteiger partial charge in [0.25, 0.3) is 0 Å². The van der Waals surface area contributed by atoms with Crippen LogP contribution in [0.4, 0.5) is 11.5 Å². The molecule has 3 rings (SSSR count). The van der Waals surface area contributed by atoms with Crippen LogP contribution in [0, 0.1) is 0 Å². The predicted octanol–water partition coefficient (Wildman–Crippen LogP) is 4.95. The van der Waals surface area contributed by atoms with Gasteiger partial charge < -0.3 is 15.8 Å². The Kier molecular flexibility index (Phi) is 6.19. The summed E-state index contributed by atoms with van der Waals surface area (Å²) < 4.78 is 5.46. The molecule has 0 saturated carbocycles. The van der Waals surface area contributed by atoms with Crippen LogP contribution in [0.25, 0.3) is 0 Å². The molecule has 27 heavy (non-hydrogen) atoms. The van der Waals surface area contributed by atoms with Crippen molar-refractivity contribution in [3.63, 3.8) is 0 Å². The first-order valence-corrected chi connectivity index (χ1v) is 9.65. The quantitative estimate of drug-likeness (QED) is 0.604. The standard InChI is InChI=1S/C21H24N4OS/c1-14(2)21-24-13-15(20(22)25-21)12-23-16-8-4-6-10-18(16)27-19-11-7-5-9-17(19)26-3/h4-11,13-14,23H,12H2,1-3H3,(H2,22,24,25). The van der Waals surface area contributed by atoms with Gasteiger partial charge in [0.1, 0.15) is 17.4 Å². The number of benzene rings is 2. The van der Waals surface area contributed by atoms with E-state index in [1.54, 1.807) is 25.1 Å². The van der Waals surface area contributed by atoms with E-state index < -0.39 is 0 Å². The normalized spacial score (nSPS) is 10.8. The van der Waals surface area contributed by atoms with Gasteiger partial charge in [0, 0.05) is 34.8 Å². The molecule has 0 saturated heterocycles. The zero-order valence-corrected chi connectivity index (χ0v) is 16.6. The van der Waals surface area contributed by atoms with Crippen LogP contribution in [0.1, 0.15) is 31.2 Å². The molecular weight excluding hydrogens is 356 g/mol. The van der Waals surface area contributed by atoms with Gasteiger partial charge in [0.05, 0.1) is 12.0 Å². The summed E-state index contributed by atoms with van der Waals surface area (Å²) in [5, 5.41) is 3.46. The summed E-state index contributed by atoms with van der Waals surface area (Å²) in [5.74, 6) is 2.41. The number of para-hydroxylation sites is 2. The SMILES string of the molecule is COc1ccccc1Sc1ccccc1NCc1cnc(C(C)C)nc1N. The Balaban J connectivity index is 1.77. The Morgan fingerprint density at radius 1 is 1.07 bits per heavy atom. The van der Waals surface area contributed by atoms with Crippen molar-refractivity contribution < 1.29 is 4.74 Å². The summed E-state index contributed by atoms with van der Waals surface area (Å²) in [6, 6.07) is 16.2. The molecule has 3 N–H and O–H groups in total. The lowest BCUT2D eigenvalue weighted by atomic mass is 10.2. The second-order valence-corrected chi connectivity index (χ2v) is 7.48. The lowest BCUT2D eigenvalue weighted by Gasteiger charge is -2.14. The second kappa shape index (κ2) is 8.77. The smallest absolute Gasteiger partial charge is 0.133 e. The van der Waals surface area contributed by atoms with Crippen LogP contribution in [0.15, 0.2) is 64.5 Å². The van der Waals surface area contributed by atoms with Gasteiger partial charge in [-0.3, -0.25) is 0 Å². The third-order valence-corrected chi connectivity index (χ3v) is 5.21. The van der Waals surface area contributed by atoms with Crippen molar-refractivity contribution >= 4 is 23.3 Å². The van der Waals surface area contributed by atoms with Gasteiger partial charge >= 0.3 is 0 Å². The fourth-order valence-corrected chi connectivity index (χ4v) is 3.59. The second-order valence-electron chi connectivity index (χ2n) is 6.40. The molecule has 2 aromatic carbocycles. The average Bonchev–Trinajstić information content (AvgIpc) is 2.68. The Bertz CT molecular complexity index is 914. The highest BCUT2D eigenvalue weighted by Crippen LogP contribution is 2.38. The molecular formula is C21H24N4OS. The average molecular weight is 381 g/mol. The number of nitrogens with one attached hydrogen (secondary N) is 1. The van der Waals surface area contributed by atoms with Gasteiger partial charge in [-0.25, -0.2) is 9.97 Å². The molecule has 0 aliphatic rings. The van der Waals surface area contributed by atoms with E-state index in [0.717, 1.165) is 32.6 Å². The van der Waals surface area contributed by atoms with Gasteiger partial charge in [0.2, 0.25) is 0 Å². The maximum atomic E-state index is 6.11. The number of hydrogen-bond donors (Lipinski definition) is 2. The van der Waals surface area contributed by atoms with Crippen LogP contribution >= 0.6 is 11.8 Å². The predicted molar refractivity (Wildman–Crippen MR) is 111 cm³/mol. The molecule has 0 atom stereocenters. The minimum absolute atomic E-state index is 0.257. The molecule has 1 heterocycles. The van der Waals surface area contributed by atoms with E-state index in [4.69, 9.17) is 10.5 Å². The number of anilines is 2. The van der Waals surface area contributed by atoms with Gasteiger partial charge in [-0.2, -0.15) is 0 Å². The Morgan fingerprint density at radius 3 is 2.48 bits per heavy atom. The van der Waals surface area contributed by atoms with Crippen molar-refractivity contribution in [3.05, 3.63) is 66.1 Å². The molecule has 6 heteroatoms. The first kappa shape index (κ1) is 19.0. The largest absolute Gasteiger partial charge is 0.496 e. The summed E-state index contributed by atoms with van der Waals surface area (Å²) in [6.45, 7) is 4.67. The lowest BCUT2D eigenvalue weighted by molar-refractivity contribution is 0.405. The number of methoxy groups -OCH3 is 1. The number of aromatic nitrogens is 2. The molecule has 1 aromatic heterocycles. The van der Waals surface area contributed by atoms with E-state index >= 15 is 0 Å². The van der Waals surface area contributed by atoms with Gasteiger partial charge in [-0.15, -0.1) is 0 Å². The summed E-state index contributed by atoms with van der Waals surface area (Å²) in [7, 11) is 1.69. The van der Waals surface area contributed by atoms with Crippen molar-refractivity contribution in [1.82, 2.24) is 9.97 Å². The van der Waals surface area contributed by atoms with E-state index in [1.165, 1.54) is 0 Å². The van der Waals surface area contributed by atoms with Crippen LogP contribution in [0.5, 0.6) is 5.75 Å². The topological polar surface area (TPSA) is 73.1 Å². The van der Waals surface area contributed by atoms with E-state index in [-0.39, 0.29) is 5.92 Å². The molecule has 0 radical (unpaired) electrons. The fraction of sp³-hybridized carbons (Fsp3) is 0.238. The van der Waals surface area contributed by atoms with Crippen molar-refractivity contribution in [2.75, 3.05) is 18.2 Å². The highest BCUT2D eigenvalue weighted by molar-refractivity contribution is 7.99. The van der Waals surface area contributed by atoms with Crippen LogP contribution in [0.3, 0.4) is 0 Å². The number of hydrogen-bond acceptors (Lipinski definition) is 6. The Labute approximate surface area is 164 Å². The number of nitrogen functional groups attached to an aromatic ring is 1. The van der Waals surface area contributed by atoms with E-state index in [1.807, 2.05) is 30.3 Å². The number of ether oxygens (including phenoxy) is 1. The first-order chi connectivity index (χ1) is 13.1. The summed E-state index contributed by atoms with van der Waals surface area (Å²) in [6.07, 6.45) is 1.81. The third-order valence-electron chi connectivity index (χ3n) is 4.08. The third kappa shape index (κ3) is 4.71.